The summed E-state index contributed by atoms with van der Waals surface area (Å²) in [6.45, 7) is 5.93. The summed E-state index contributed by atoms with van der Waals surface area (Å²) in [5.41, 5.74) is 5.37. The molecule has 4 heteroatoms. The van der Waals surface area contributed by atoms with Crippen LogP contribution in [0.5, 0.6) is 0 Å². The summed E-state index contributed by atoms with van der Waals surface area (Å²) in [7, 11) is 0. The molecule has 0 aromatic heterocycles. The second-order valence-corrected chi connectivity index (χ2v) is 4.69. The second kappa shape index (κ2) is 6.93. The van der Waals surface area contributed by atoms with Crippen molar-refractivity contribution < 1.29 is 14.6 Å². The zero-order valence-corrected chi connectivity index (χ0v) is 9.95. The Hall–Kier alpha value is -0.450. The number of Topliss-reactive ketones (excluding diaryl/α,β-unsaturated/α-hetero) is 1. The summed E-state index contributed by atoms with van der Waals surface area (Å²) in [4.78, 5) is 11.5. The summed E-state index contributed by atoms with van der Waals surface area (Å²) < 4.78 is 5.34. The van der Waals surface area contributed by atoms with Crippen molar-refractivity contribution in [1.29, 1.82) is 0 Å². The first-order valence-corrected chi connectivity index (χ1v) is 5.40. The molecular formula is C11H23NO3. The van der Waals surface area contributed by atoms with Crippen LogP contribution in [-0.4, -0.2) is 35.7 Å². The maximum absolute atomic E-state index is 11.5. The Morgan fingerprint density at radius 2 is 2.00 bits per heavy atom. The summed E-state index contributed by atoms with van der Waals surface area (Å²) in [5.74, 6) is -0.0668. The highest BCUT2D eigenvalue weighted by Crippen LogP contribution is 2.07. The van der Waals surface area contributed by atoms with Gasteiger partial charge in [0, 0.05) is 6.61 Å². The van der Waals surface area contributed by atoms with Crippen LogP contribution in [0, 0.1) is 0 Å². The normalized spacial score (nSPS) is 13.9. The predicted molar refractivity (Wildman–Crippen MR) is 59.6 cm³/mol. The summed E-state index contributed by atoms with van der Waals surface area (Å²) in [5, 5.41) is 8.58. The lowest BCUT2D eigenvalue weighted by molar-refractivity contribution is -0.129. The van der Waals surface area contributed by atoms with E-state index in [2.05, 4.69) is 0 Å². The largest absolute Gasteiger partial charge is 0.396 e. The molecular weight excluding hydrogens is 194 g/mol. The number of rotatable bonds is 7. The van der Waals surface area contributed by atoms with Crippen molar-refractivity contribution in [1.82, 2.24) is 0 Å². The minimum atomic E-state index is -0.459. The van der Waals surface area contributed by atoms with Gasteiger partial charge in [0.25, 0.3) is 0 Å². The lowest BCUT2D eigenvalue weighted by Crippen LogP contribution is -2.36. The molecule has 15 heavy (non-hydrogen) atoms. The Kier molecular flexibility index (Phi) is 6.72. The minimum absolute atomic E-state index is 0.0668. The number of carbonyl (C=O) groups is 1. The van der Waals surface area contributed by atoms with Crippen molar-refractivity contribution in [3.05, 3.63) is 0 Å². The number of hydrogen-bond donors (Lipinski definition) is 2. The van der Waals surface area contributed by atoms with Crippen molar-refractivity contribution in [2.75, 3.05) is 13.2 Å². The van der Waals surface area contributed by atoms with Gasteiger partial charge in [-0.1, -0.05) is 0 Å². The maximum Gasteiger partial charge on any atom is 0.175 e. The van der Waals surface area contributed by atoms with Gasteiger partial charge in [0.1, 0.15) is 6.61 Å². The third-order valence-corrected chi connectivity index (χ3v) is 1.98. The average Bonchev–Trinajstić information content (AvgIpc) is 2.13. The van der Waals surface area contributed by atoms with E-state index in [9.17, 15) is 4.79 Å². The number of hydrogen-bond acceptors (Lipinski definition) is 4. The van der Waals surface area contributed by atoms with Crippen LogP contribution in [0.25, 0.3) is 0 Å². The highest BCUT2D eigenvalue weighted by molar-refractivity contribution is 5.84. The van der Waals surface area contributed by atoms with E-state index in [1.54, 1.807) is 0 Å². The molecule has 0 amide bonds. The lowest BCUT2D eigenvalue weighted by Gasteiger charge is -2.20. The first-order valence-electron chi connectivity index (χ1n) is 5.40. The monoisotopic (exact) mass is 217 g/mol. The van der Waals surface area contributed by atoms with Gasteiger partial charge in [-0.25, -0.2) is 0 Å². The SMILES string of the molecule is CC(C)(C)OCC(=O)[C@@H](N)CCCCO. The zero-order chi connectivity index (χ0) is 11.9. The van der Waals surface area contributed by atoms with Gasteiger partial charge in [-0.05, 0) is 40.0 Å². The molecule has 0 aliphatic rings. The molecule has 0 saturated heterocycles. The fraction of sp³-hybridized carbons (Fsp3) is 0.909. The van der Waals surface area contributed by atoms with E-state index in [1.807, 2.05) is 20.8 Å². The number of aliphatic hydroxyl groups excluding tert-OH is 1. The second-order valence-electron chi connectivity index (χ2n) is 4.69. The van der Waals surface area contributed by atoms with E-state index < -0.39 is 6.04 Å². The Morgan fingerprint density at radius 3 is 2.47 bits per heavy atom. The van der Waals surface area contributed by atoms with Crippen LogP contribution in [0.3, 0.4) is 0 Å². The number of carbonyl (C=O) groups excluding carboxylic acids is 1. The molecule has 0 bridgehead atoms. The van der Waals surface area contributed by atoms with Crippen LogP contribution in [0.4, 0.5) is 0 Å². The molecule has 90 valence electrons. The predicted octanol–water partition coefficient (Wildman–Crippen LogP) is 0.860. The fourth-order valence-corrected chi connectivity index (χ4v) is 1.03. The molecule has 0 aromatic carbocycles. The van der Waals surface area contributed by atoms with Gasteiger partial charge in [-0.3, -0.25) is 4.79 Å². The Morgan fingerprint density at radius 1 is 1.40 bits per heavy atom. The standard InChI is InChI=1S/C11H23NO3/c1-11(2,3)15-8-10(14)9(12)6-4-5-7-13/h9,13H,4-8,12H2,1-3H3/t9-/m0/s1. The van der Waals surface area contributed by atoms with Crippen LogP contribution in [0.15, 0.2) is 0 Å². The number of nitrogens with two attached hydrogens (primary N) is 1. The average molecular weight is 217 g/mol. The molecule has 1 atom stereocenters. The van der Waals surface area contributed by atoms with Gasteiger partial charge in [-0.2, -0.15) is 0 Å². The third-order valence-electron chi connectivity index (χ3n) is 1.98. The van der Waals surface area contributed by atoms with Crippen molar-refractivity contribution >= 4 is 5.78 Å². The van der Waals surface area contributed by atoms with Gasteiger partial charge < -0.3 is 15.6 Å². The number of ether oxygens (including phenoxy) is 1. The Labute approximate surface area is 91.8 Å². The van der Waals surface area contributed by atoms with Crippen molar-refractivity contribution in [2.45, 2.75) is 51.7 Å². The molecule has 0 spiro atoms. The third kappa shape index (κ3) is 8.54. The molecule has 3 N–H and O–H groups in total. The van der Waals surface area contributed by atoms with Crippen LogP contribution in [-0.2, 0) is 9.53 Å². The van der Waals surface area contributed by atoms with Gasteiger partial charge in [-0.15, -0.1) is 0 Å². The summed E-state index contributed by atoms with van der Waals surface area (Å²) in [6, 6.07) is -0.459. The smallest absolute Gasteiger partial charge is 0.175 e. The van der Waals surface area contributed by atoms with E-state index in [4.69, 9.17) is 15.6 Å². The summed E-state index contributed by atoms with van der Waals surface area (Å²) in [6.07, 6.45) is 2.09. The van der Waals surface area contributed by atoms with Crippen LogP contribution < -0.4 is 5.73 Å². The van der Waals surface area contributed by atoms with Gasteiger partial charge in [0.2, 0.25) is 0 Å². The molecule has 4 nitrogen and oxygen atoms in total. The number of aliphatic hydroxyl groups is 1. The molecule has 0 radical (unpaired) electrons. The number of ketones is 1. The van der Waals surface area contributed by atoms with E-state index in [0.29, 0.717) is 12.8 Å². The quantitative estimate of drug-likeness (QED) is 0.620. The van der Waals surface area contributed by atoms with Gasteiger partial charge in [0.05, 0.1) is 11.6 Å². The Bertz CT molecular complexity index is 187. The highest BCUT2D eigenvalue weighted by Gasteiger charge is 2.17. The molecule has 0 saturated carbocycles. The van der Waals surface area contributed by atoms with Crippen molar-refractivity contribution in [3.63, 3.8) is 0 Å². The Balaban J connectivity index is 3.70. The molecule has 0 rings (SSSR count). The maximum atomic E-state index is 11.5. The van der Waals surface area contributed by atoms with Crippen LogP contribution >= 0.6 is 0 Å². The zero-order valence-electron chi connectivity index (χ0n) is 9.95. The number of unbranched alkanes of at least 4 members (excludes halogenated alkanes) is 1. The molecule has 0 aliphatic heterocycles. The molecule has 0 fully saturated rings. The summed E-state index contributed by atoms with van der Waals surface area (Å²) >= 11 is 0. The highest BCUT2D eigenvalue weighted by atomic mass is 16.5. The minimum Gasteiger partial charge on any atom is -0.396 e. The van der Waals surface area contributed by atoms with E-state index in [-0.39, 0.29) is 24.6 Å². The van der Waals surface area contributed by atoms with E-state index in [0.717, 1.165) is 6.42 Å². The lowest BCUT2D eigenvalue weighted by atomic mass is 10.1. The van der Waals surface area contributed by atoms with Gasteiger partial charge in [0.15, 0.2) is 5.78 Å². The molecule has 0 unspecified atom stereocenters. The van der Waals surface area contributed by atoms with Gasteiger partial charge >= 0.3 is 0 Å². The van der Waals surface area contributed by atoms with Crippen molar-refractivity contribution in [3.8, 4) is 0 Å². The van der Waals surface area contributed by atoms with Crippen LogP contribution in [0.1, 0.15) is 40.0 Å². The van der Waals surface area contributed by atoms with E-state index in [1.165, 1.54) is 0 Å². The molecule has 0 aliphatic carbocycles. The molecule has 0 heterocycles. The van der Waals surface area contributed by atoms with E-state index >= 15 is 0 Å². The fourth-order valence-electron chi connectivity index (χ4n) is 1.03. The first-order chi connectivity index (χ1) is 6.87. The first kappa shape index (κ1) is 14.6. The van der Waals surface area contributed by atoms with Crippen LogP contribution in [0.2, 0.25) is 0 Å². The molecule has 0 aromatic rings. The topological polar surface area (TPSA) is 72.5 Å². The van der Waals surface area contributed by atoms with Crippen molar-refractivity contribution in [2.24, 2.45) is 5.73 Å².